The van der Waals surface area contributed by atoms with Crippen LogP contribution in [-0.4, -0.2) is 50.1 Å². The largest absolute Gasteiger partial charge is 0.308 e. The summed E-state index contributed by atoms with van der Waals surface area (Å²) in [5.74, 6) is 0.516. The Morgan fingerprint density at radius 2 is 1.73 bits per heavy atom. The summed E-state index contributed by atoms with van der Waals surface area (Å²) >= 11 is 6.05. The molecule has 0 amide bonds. The first-order chi connectivity index (χ1) is 12.6. The first-order valence-corrected chi connectivity index (χ1v) is 9.64. The number of benzene rings is 2. The van der Waals surface area contributed by atoms with Crippen molar-refractivity contribution in [2.24, 2.45) is 5.92 Å². The normalized spacial score (nSPS) is 20.2. The molecular formula is C21H29ClN4. The van der Waals surface area contributed by atoms with E-state index in [-0.39, 0.29) is 0 Å². The summed E-state index contributed by atoms with van der Waals surface area (Å²) in [5, 5.41) is 0.785. The fourth-order valence-corrected chi connectivity index (χ4v) is 3.61. The van der Waals surface area contributed by atoms with E-state index in [1.165, 1.54) is 11.1 Å². The van der Waals surface area contributed by atoms with Crippen LogP contribution in [0, 0.1) is 5.92 Å². The Kier molecular flexibility index (Phi) is 7.06. The predicted octanol–water partition coefficient (Wildman–Crippen LogP) is 3.17. The van der Waals surface area contributed by atoms with Gasteiger partial charge in [0, 0.05) is 43.7 Å². The highest BCUT2D eigenvalue weighted by atomic mass is 35.5. The predicted molar refractivity (Wildman–Crippen MR) is 109 cm³/mol. The smallest absolute Gasteiger partial charge is 0.0515 e. The van der Waals surface area contributed by atoms with E-state index in [1.807, 2.05) is 12.1 Å². The zero-order chi connectivity index (χ0) is 18.4. The fourth-order valence-electron chi connectivity index (χ4n) is 3.48. The van der Waals surface area contributed by atoms with E-state index in [2.05, 4.69) is 77.2 Å². The van der Waals surface area contributed by atoms with Crippen LogP contribution in [0.1, 0.15) is 17.2 Å². The van der Waals surface area contributed by atoms with Gasteiger partial charge in [-0.3, -0.25) is 10.3 Å². The number of hydrazine groups is 1. The van der Waals surface area contributed by atoms with E-state index in [9.17, 15) is 0 Å². The van der Waals surface area contributed by atoms with Gasteiger partial charge in [-0.1, -0.05) is 54.1 Å². The first-order valence-electron chi connectivity index (χ1n) is 9.26. The second-order valence-electron chi connectivity index (χ2n) is 7.34. The molecule has 4 nitrogen and oxygen atoms in total. The van der Waals surface area contributed by atoms with Crippen LogP contribution in [-0.2, 0) is 6.54 Å². The molecule has 1 heterocycles. The molecule has 1 aliphatic heterocycles. The minimum absolute atomic E-state index is 0.310. The monoisotopic (exact) mass is 372 g/mol. The molecule has 5 heteroatoms. The Balaban J connectivity index is 1.68. The van der Waals surface area contributed by atoms with Crippen molar-refractivity contribution in [1.29, 1.82) is 0 Å². The van der Waals surface area contributed by atoms with Gasteiger partial charge in [0.05, 0.1) is 6.04 Å². The average Bonchev–Trinajstić information content (AvgIpc) is 3.09. The number of rotatable bonds is 8. The summed E-state index contributed by atoms with van der Waals surface area (Å²) in [4.78, 5) is 4.82. The highest BCUT2D eigenvalue weighted by molar-refractivity contribution is 6.30. The molecule has 0 saturated carbocycles. The number of nitrogens with zero attached hydrogens (tertiary/aromatic N) is 2. The molecule has 0 radical (unpaired) electrons. The molecule has 2 unspecified atom stereocenters. The lowest BCUT2D eigenvalue weighted by Crippen LogP contribution is -2.37. The summed E-state index contributed by atoms with van der Waals surface area (Å²) < 4.78 is 0. The maximum Gasteiger partial charge on any atom is 0.0515 e. The molecule has 3 rings (SSSR count). The summed E-state index contributed by atoms with van der Waals surface area (Å²) in [5.41, 5.74) is 9.45. The van der Waals surface area contributed by atoms with Gasteiger partial charge in [0.15, 0.2) is 0 Å². The van der Waals surface area contributed by atoms with Crippen molar-refractivity contribution in [3.63, 3.8) is 0 Å². The molecule has 2 aromatic carbocycles. The molecule has 0 aliphatic carbocycles. The molecule has 1 saturated heterocycles. The van der Waals surface area contributed by atoms with Crippen LogP contribution >= 0.6 is 11.6 Å². The lowest BCUT2D eigenvalue weighted by atomic mass is 9.94. The van der Waals surface area contributed by atoms with Crippen molar-refractivity contribution >= 4 is 11.6 Å². The van der Waals surface area contributed by atoms with E-state index in [0.29, 0.717) is 12.0 Å². The zero-order valence-electron chi connectivity index (χ0n) is 15.7. The maximum absolute atomic E-state index is 6.05. The second kappa shape index (κ2) is 9.49. The van der Waals surface area contributed by atoms with E-state index >= 15 is 0 Å². The lowest BCUT2D eigenvalue weighted by molar-refractivity contribution is 0.198. The van der Waals surface area contributed by atoms with Gasteiger partial charge in [0.25, 0.3) is 0 Å². The number of nitrogens with one attached hydrogen (secondary N) is 2. The quantitative estimate of drug-likeness (QED) is 0.745. The van der Waals surface area contributed by atoms with Gasteiger partial charge in [0.2, 0.25) is 0 Å². The van der Waals surface area contributed by atoms with E-state index in [1.54, 1.807) is 0 Å². The minimum atomic E-state index is 0.310. The number of hydrogen-bond donors (Lipinski definition) is 2. The van der Waals surface area contributed by atoms with Crippen molar-refractivity contribution in [2.45, 2.75) is 12.6 Å². The van der Waals surface area contributed by atoms with Crippen molar-refractivity contribution in [3.05, 3.63) is 70.7 Å². The van der Waals surface area contributed by atoms with Crippen LogP contribution < -0.4 is 10.9 Å². The van der Waals surface area contributed by atoms with E-state index in [0.717, 1.165) is 37.7 Å². The van der Waals surface area contributed by atoms with Gasteiger partial charge in [-0.15, -0.1) is 0 Å². The van der Waals surface area contributed by atoms with Gasteiger partial charge < -0.3 is 4.90 Å². The summed E-state index contributed by atoms with van der Waals surface area (Å²) in [7, 11) is 4.27. The number of hydrogen-bond acceptors (Lipinski definition) is 4. The molecule has 2 N–H and O–H groups in total. The highest BCUT2D eigenvalue weighted by Gasteiger charge is 2.29. The lowest BCUT2D eigenvalue weighted by Gasteiger charge is -2.29. The zero-order valence-corrected chi connectivity index (χ0v) is 16.4. The molecule has 140 valence electrons. The second-order valence-corrected chi connectivity index (χ2v) is 7.77. The van der Waals surface area contributed by atoms with Crippen molar-refractivity contribution in [1.82, 2.24) is 20.7 Å². The maximum atomic E-state index is 6.05. The summed E-state index contributed by atoms with van der Waals surface area (Å²) in [6.45, 7) is 5.13. The fraction of sp³-hybridized carbons (Fsp3) is 0.429. The topological polar surface area (TPSA) is 30.5 Å². The molecule has 0 aromatic heterocycles. The Morgan fingerprint density at radius 1 is 1.00 bits per heavy atom. The average molecular weight is 373 g/mol. The molecule has 1 fully saturated rings. The van der Waals surface area contributed by atoms with Crippen molar-refractivity contribution in [2.75, 3.05) is 40.3 Å². The SMILES string of the molecule is CN(C)CCN(Cc1ccccc1)CC1CNNC1c1ccc(Cl)cc1. The summed E-state index contributed by atoms with van der Waals surface area (Å²) in [6.07, 6.45) is 0. The Morgan fingerprint density at radius 3 is 2.42 bits per heavy atom. The molecule has 1 aliphatic rings. The molecule has 2 aromatic rings. The standard InChI is InChI=1S/C21H29ClN4/c1-25(2)12-13-26(15-17-6-4-3-5-7-17)16-19-14-23-24-21(19)18-8-10-20(22)11-9-18/h3-11,19,21,23-24H,12-16H2,1-2H3. The number of halogens is 1. The van der Waals surface area contributed by atoms with Gasteiger partial charge in [0.1, 0.15) is 0 Å². The molecular weight excluding hydrogens is 344 g/mol. The van der Waals surface area contributed by atoms with Gasteiger partial charge in [-0.2, -0.15) is 0 Å². The van der Waals surface area contributed by atoms with Gasteiger partial charge >= 0.3 is 0 Å². The number of likely N-dealkylation sites (N-methyl/N-ethyl adjacent to an activating group) is 1. The van der Waals surface area contributed by atoms with Gasteiger partial charge in [-0.25, -0.2) is 5.43 Å². The first kappa shape index (κ1) is 19.3. The van der Waals surface area contributed by atoms with E-state index in [4.69, 9.17) is 11.6 Å². The Hall–Kier alpha value is -1.43. The third-order valence-electron chi connectivity index (χ3n) is 4.93. The van der Waals surface area contributed by atoms with Crippen LogP contribution in [0.25, 0.3) is 0 Å². The molecule has 26 heavy (non-hydrogen) atoms. The van der Waals surface area contributed by atoms with Crippen LogP contribution in [0.15, 0.2) is 54.6 Å². The van der Waals surface area contributed by atoms with Crippen LogP contribution in [0.4, 0.5) is 0 Å². The van der Waals surface area contributed by atoms with Crippen molar-refractivity contribution < 1.29 is 0 Å². The summed E-state index contributed by atoms with van der Waals surface area (Å²) in [6, 6.07) is 19.3. The van der Waals surface area contributed by atoms with Crippen LogP contribution in [0.5, 0.6) is 0 Å². The Labute approximate surface area is 162 Å². The van der Waals surface area contributed by atoms with Crippen molar-refractivity contribution in [3.8, 4) is 0 Å². The van der Waals surface area contributed by atoms with Crippen LogP contribution in [0.2, 0.25) is 5.02 Å². The molecule has 0 bridgehead atoms. The highest BCUT2D eigenvalue weighted by Crippen LogP contribution is 2.27. The third-order valence-corrected chi connectivity index (χ3v) is 5.18. The van der Waals surface area contributed by atoms with Crippen LogP contribution in [0.3, 0.4) is 0 Å². The molecule has 2 atom stereocenters. The Bertz CT molecular complexity index is 659. The van der Waals surface area contributed by atoms with Gasteiger partial charge in [-0.05, 0) is 37.4 Å². The van der Waals surface area contributed by atoms with E-state index < -0.39 is 0 Å². The third kappa shape index (κ3) is 5.53. The molecule has 0 spiro atoms. The minimum Gasteiger partial charge on any atom is -0.308 e.